The third kappa shape index (κ3) is 11.9. The quantitative estimate of drug-likeness (QED) is 0.618. The third-order valence-corrected chi connectivity index (χ3v) is 1.82. The summed E-state index contributed by atoms with van der Waals surface area (Å²) in [6, 6.07) is 0. The summed E-state index contributed by atoms with van der Waals surface area (Å²) in [5.74, 6) is 0. The van der Waals surface area contributed by atoms with E-state index < -0.39 is 6.10 Å². The molecule has 0 heterocycles. The van der Waals surface area contributed by atoms with Gasteiger partial charge in [0.1, 0.15) is 0 Å². The molecule has 0 aliphatic carbocycles. The van der Waals surface area contributed by atoms with E-state index in [1.165, 1.54) is 0 Å². The highest BCUT2D eigenvalue weighted by Crippen LogP contribution is 2.06. The fraction of sp³-hybridized carbons (Fsp3) is 1.00. The zero-order chi connectivity index (χ0) is 12.6. The molecule has 0 saturated carbocycles. The molecule has 98 valence electrons. The van der Waals surface area contributed by atoms with Gasteiger partial charge in [-0.1, -0.05) is 0 Å². The molecule has 0 saturated heterocycles. The van der Waals surface area contributed by atoms with Gasteiger partial charge in [-0.05, 0) is 34.6 Å². The van der Waals surface area contributed by atoms with Gasteiger partial charge in [0, 0.05) is 13.1 Å². The van der Waals surface area contributed by atoms with Crippen molar-refractivity contribution in [2.75, 3.05) is 26.3 Å². The van der Waals surface area contributed by atoms with Gasteiger partial charge in [0.2, 0.25) is 0 Å². The second kappa shape index (κ2) is 8.01. The van der Waals surface area contributed by atoms with Crippen LogP contribution in [-0.2, 0) is 9.47 Å². The maximum absolute atomic E-state index is 9.59. The molecule has 0 aliphatic heterocycles. The lowest BCUT2D eigenvalue weighted by Crippen LogP contribution is -2.35. The number of ether oxygens (including phenoxy) is 2. The van der Waals surface area contributed by atoms with Crippen molar-refractivity contribution in [2.45, 2.75) is 52.4 Å². The first kappa shape index (κ1) is 15.8. The Hall–Kier alpha value is -0.160. The van der Waals surface area contributed by atoms with Gasteiger partial charge in [-0.2, -0.15) is 0 Å². The predicted molar refractivity (Wildman–Crippen MR) is 65.7 cm³/mol. The molecule has 0 spiro atoms. The van der Waals surface area contributed by atoms with Crippen LogP contribution >= 0.6 is 0 Å². The summed E-state index contributed by atoms with van der Waals surface area (Å²) in [4.78, 5) is 0. The van der Waals surface area contributed by atoms with Gasteiger partial charge >= 0.3 is 0 Å². The second-order valence-electron chi connectivity index (χ2n) is 5.20. The van der Waals surface area contributed by atoms with E-state index in [1.807, 2.05) is 34.6 Å². The maximum atomic E-state index is 9.59. The van der Waals surface area contributed by atoms with Crippen LogP contribution in [0.2, 0.25) is 0 Å². The van der Waals surface area contributed by atoms with Crippen LogP contribution in [0.5, 0.6) is 0 Å². The van der Waals surface area contributed by atoms with Gasteiger partial charge in [-0.25, -0.2) is 0 Å². The van der Waals surface area contributed by atoms with Gasteiger partial charge in [0.05, 0.1) is 31.0 Å². The van der Waals surface area contributed by atoms with E-state index in [1.54, 1.807) is 0 Å². The molecule has 0 amide bonds. The van der Waals surface area contributed by atoms with Gasteiger partial charge in [-0.15, -0.1) is 0 Å². The van der Waals surface area contributed by atoms with E-state index in [2.05, 4.69) is 5.32 Å². The Morgan fingerprint density at radius 2 is 1.88 bits per heavy atom. The first-order valence-corrected chi connectivity index (χ1v) is 5.95. The van der Waals surface area contributed by atoms with E-state index in [-0.39, 0.29) is 11.7 Å². The van der Waals surface area contributed by atoms with Crippen molar-refractivity contribution in [1.82, 2.24) is 5.32 Å². The fourth-order valence-electron chi connectivity index (χ4n) is 1.04. The van der Waals surface area contributed by atoms with E-state index in [4.69, 9.17) is 9.47 Å². The smallest absolute Gasteiger partial charge is 0.0897 e. The Kier molecular flexibility index (Phi) is 7.93. The molecule has 4 heteroatoms. The summed E-state index contributed by atoms with van der Waals surface area (Å²) in [6.07, 6.45) is -0.200. The topological polar surface area (TPSA) is 50.7 Å². The normalized spacial score (nSPS) is 14.4. The predicted octanol–water partition coefficient (Wildman–Crippen LogP) is 1.18. The minimum absolute atomic E-state index is 0.193. The van der Waals surface area contributed by atoms with Crippen molar-refractivity contribution in [1.29, 1.82) is 0 Å². The summed E-state index contributed by atoms with van der Waals surface area (Å²) >= 11 is 0. The Bertz CT molecular complexity index is 166. The minimum Gasteiger partial charge on any atom is -0.389 e. The molecular formula is C12H27NO3. The largest absolute Gasteiger partial charge is 0.389 e. The first-order valence-electron chi connectivity index (χ1n) is 5.95. The van der Waals surface area contributed by atoms with Crippen LogP contribution in [0.15, 0.2) is 0 Å². The van der Waals surface area contributed by atoms with Gasteiger partial charge < -0.3 is 19.9 Å². The maximum Gasteiger partial charge on any atom is 0.0897 e. The van der Waals surface area contributed by atoms with Crippen molar-refractivity contribution >= 4 is 0 Å². The summed E-state index contributed by atoms with van der Waals surface area (Å²) in [5.41, 5.74) is -0.193. The van der Waals surface area contributed by atoms with Crippen molar-refractivity contribution in [3.05, 3.63) is 0 Å². The van der Waals surface area contributed by atoms with Crippen LogP contribution in [0, 0.1) is 0 Å². The third-order valence-electron chi connectivity index (χ3n) is 1.82. The molecule has 16 heavy (non-hydrogen) atoms. The summed E-state index contributed by atoms with van der Waals surface area (Å²) in [6.45, 7) is 12.3. The van der Waals surface area contributed by atoms with E-state index >= 15 is 0 Å². The molecule has 2 N–H and O–H groups in total. The summed E-state index contributed by atoms with van der Waals surface area (Å²) < 4.78 is 10.8. The number of hydrogen-bond donors (Lipinski definition) is 2. The number of hydrogen-bond acceptors (Lipinski definition) is 4. The SMILES string of the molecule is CC(C)OCCNCC(O)COC(C)(C)C. The highest BCUT2D eigenvalue weighted by atomic mass is 16.5. The molecule has 0 aromatic rings. The van der Waals surface area contributed by atoms with Crippen LogP contribution in [0.1, 0.15) is 34.6 Å². The fourth-order valence-corrected chi connectivity index (χ4v) is 1.04. The number of nitrogens with one attached hydrogen (secondary N) is 1. The van der Waals surface area contributed by atoms with Crippen LogP contribution in [0.4, 0.5) is 0 Å². The average molecular weight is 233 g/mol. The van der Waals surface area contributed by atoms with Crippen molar-refractivity contribution in [3.63, 3.8) is 0 Å². The molecule has 0 aromatic carbocycles. The lowest BCUT2D eigenvalue weighted by atomic mass is 10.2. The molecule has 0 bridgehead atoms. The van der Waals surface area contributed by atoms with Crippen LogP contribution in [0.25, 0.3) is 0 Å². The molecule has 1 unspecified atom stereocenters. The highest BCUT2D eigenvalue weighted by molar-refractivity contribution is 4.64. The van der Waals surface area contributed by atoms with E-state index in [9.17, 15) is 5.11 Å². The van der Waals surface area contributed by atoms with Crippen LogP contribution in [-0.4, -0.2) is 49.2 Å². The monoisotopic (exact) mass is 233 g/mol. The molecule has 0 aliphatic rings. The average Bonchev–Trinajstić information content (AvgIpc) is 2.12. The summed E-state index contributed by atoms with van der Waals surface area (Å²) in [5, 5.41) is 12.7. The molecule has 0 aromatic heterocycles. The Balaban J connectivity index is 3.34. The van der Waals surface area contributed by atoms with Crippen molar-refractivity contribution in [3.8, 4) is 0 Å². The van der Waals surface area contributed by atoms with Crippen molar-refractivity contribution in [2.24, 2.45) is 0 Å². The van der Waals surface area contributed by atoms with Gasteiger partial charge in [-0.3, -0.25) is 0 Å². The Morgan fingerprint density at radius 1 is 1.25 bits per heavy atom. The molecule has 0 radical (unpaired) electrons. The van der Waals surface area contributed by atoms with E-state index in [0.717, 1.165) is 6.54 Å². The standard InChI is InChI=1S/C12H27NO3/c1-10(2)15-7-6-13-8-11(14)9-16-12(3,4)5/h10-11,13-14H,6-9H2,1-5H3. The molecule has 0 rings (SSSR count). The zero-order valence-corrected chi connectivity index (χ0v) is 11.2. The summed E-state index contributed by atoms with van der Waals surface area (Å²) in [7, 11) is 0. The van der Waals surface area contributed by atoms with Crippen molar-refractivity contribution < 1.29 is 14.6 Å². The Labute approximate surface area is 99.3 Å². The highest BCUT2D eigenvalue weighted by Gasteiger charge is 2.13. The van der Waals surface area contributed by atoms with E-state index in [0.29, 0.717) is 19.8 Å². The van der Waals surface area contributed by atoms with Gasteiger partial charge in [0.15, 0.2) is 0 Å². The van der Waals surface area contributed by atoms with Gasteiger partial charge in [0.25, 0.3) is 0 Å². The molecule has 1 atom stereocenters. The van der Waals surface area contributed by atoms with Crippen LogP contribution < -0.4 is 5.32 Å². The zero-order valence-electron chi connectivity index (χ0n) is 11.2. The number of aliphatic hydroxyl groups excluding tert-OH is 1. The second-order valence-corrected chi connectivity index (χ2v) is 5.20. The van der Waals surface area contributed by atoms with Crippen LogP contribution in [0.3, 0.4) is 0 Å². The Morgan fingerprint density at radius 3 is 2.38 bits per heavy atom. The lowest BCUT2D eigenvalue weighted by molar-refractivity contribution is -0.0482. The molecular weight excluding hydrogens is 206 g/mol. The minimum atomic E-state index is -0.460. The number of aliphatic hydroxyl groups is 1. The first-order chi connectivity index (χ1) is 7.31. The number of rotatable bonds is 8. The molecule has 4 nitrogen and oxygen atoms in total. The lowest BCUT2D eigenvalue weighted by Gasteiger charge is -2.22. The molecule has 0 fully saturated rings.